The molecule has 1 atom stereocenters. The summed E-state index contributed by atoms with van der Waals surface area (Å²) in [6.45, 7) is 0.510. The van der Waals surface area contributed by atoms with E-state index in [0.29, 0.717) is 18.0 Å². The van der Waals surface area contributed by atoms with E-state index in [1.54, 1.807) is 12.1 Å². The molecule has 1 amide bonds. The van der Waals surface area contributed by atoms with Crippen LogP contribution in [0.5, 0.6) is 11.5 Å². The van der Waals surface area contributed by atoms with Crippen LogP contribution in [0, 0.1) is 11.7 Å². The zero-order valence-electron chi connectivity index (χ0n) is 13.4. The van der Waals surface area contributed by atoms with Crippen LogP contribution in [0.25, 0.3) is 0 Å². The number of benzene rings is 2. The van der Waals surface area contributed by atoms with Crippen LogP contribution in [-0.4, -0.2) is 5.91 Å². The Hall–Kier alpha value is -2.62. The van der Waals surface area contributed by atoms with E-state index in [9.17, 15) is 9.18 Å². The second-order valence-corrected chi connectivity index (χ2v) is 5.90. The number of halogens is 1. The highest BCUT2D eigenvalue weighted by molar-refractivity contribution is 5.78. The fraction of sp³-hybridized carbons (Fsp3) is 0.250. The fourth-order valence-electron chi connectivity index (χ4n) is 2.68. The lowest BCUT2D eigenvalue weighted by atomic mass is 9.93. The predicted molar refractivity (Wildman–Crippen MR) is 91.2 cm³/mol. The molecule has 0 bridgehead atoms. The van der Waals surface area contributed by atoms with Crippen LogP contribution in [-0.2, 0) is 11.3 Å². The molecule has 124 valence electrons. The van der Waals surface area contributed by atoms with E-state index in [0.717, 1.165) is 24.8 Å². The van der Waals surface area contributed by atoms with Crippen LogP contribution in [0.2, 0.25) is 0 Å². The normalized spacial score (nSPS) is 16.6. The molecule has 0 spiro atoms. The van der Waals surface area contributed by atoms with Gasteiger partial charge in [0.05, 0.1) is 0 Å². The van der Waals surface area contributed by atoms with Crippen molar-refractivity contribution in [2.24, 2.45) is 5.92 Å². The molecule has 24 heavy (non-hydrogen) atoms. The van der Waals surface area contributed by atoms with Gasteiger partial charge in [-0.25, -0.2) is 4.39 Å². The first-order valence-electron chi connectivity index (χ1n) is 8.16. The van der Waals surface area contributed by atoms with Gasteiger partial charge in [0.1, 0.15) is 17.3 Å². The number of rotatable bonds is 5. The van der Waals surface area contributed by atoms with Gasteiger partial charge in [-0.2, -0.15) is 0 Å². The Morgan fingerprint density at radius 3 is 2.33 bits per heavy atom. The first-order chi connectivity index (χ1) is 11.7. The second-order valence-electron chi connectivity index (χ2n) is 5.90. The number of nitrogens with one attached hydrogen (secondary N) is 1. The van der Waals surface area contributed by atoms with Gasteiger partial charge in [-0.1, -0.05) is 24.3 Å². The lowest BCUT2D eigenvalue weighted by Gasteiger charge is -2.17. The molecule has 2 aromatic rings. The Morgan fingerprint density at radius 2 is 1.71 bits per heavy atom. The van der Waals surface area contributed by atoms with Crippen molar-refractivity contribution in [2.45, 2.75) is 25.8 Å². The molecule has 1 N–H and O–H groups in total. The quantitative estimate of drug-likeness (QED) is 0.817. The molecule has 0 saturated carbocycles. The predicted octanol–water partition coefficient (Wildman–Crippen LogP) is 4.59. The molecule has 0 saturated heterocycles. The number of carbonyl (C=O) groups excluding carboxylic acids is 1. The van der Waals surface area contributed by atoms with Crippen LogP contribution in [0.4, 0.5) is 4.39 Å². The minimum Gasteiger partial charge on any atom is -0.457 e. The highest BCUT2D eigenvalue weighted by Crippen LogP contribution is 2.22. The topological polar surface area (TPSA) is 38.3 Å². The van der Waals surface area contributed by atoms with Gasteiger partial charge in [-0.15, -0.1) is 0 Å². The Labute approximate surface area is 141 Å². The lowest BCUT2D eigenvalue weighted by Crippen LogP contribution is -2.30. The average molecular weight is 325 g/mol. The van der Waals surface area contributed by atoms with Crippen molar-refractivity contribution in [2.75, 3.05) is 0 Å². The molecule has 0 heterocycles. The Morgan fingerprint density at radius 1 is 1.04 bits per heavy atom. The van der Waals surface area contributed by atoms with Crippen molar-refractivity contribution in [1.82, 2.24) is 5.32 Å². The van der Waals surface area contributed by atoms with Gasteiger partial charge in [-0.05, 0) is 61.2 Å². The standard InChI is InChI=1S/C20H20FNO2/c21-17-8-12-19(13-9-17)24-18-10-6-15(7-11-18)14-22-20(23)16-4-2-1-3-5-16/h1-2,6-13,16H,3-5,14H2,(H,22,23). The molecule has 3 nitrogen and oxygen atoms in total. The Bertz CT molecular complexity index is 707. The first kappa shape index (κ1) is 16.2. The van der Waals surface area contributed by atoms with Crippen molar-refractivity contribution >= 4 is 5.91 Å². The molecule has 1 aliphatic carbocycles. The largest absolute Gasteiger partial charge is 0.457 e. The maximum atomic E-state index is 12.9. The molecule has 3 rings (SSSR count). The first-order valence-corrected chi connectivity index (χ1v) is 8.16. The van der Waals surface area contributed by atoms with Crippen LogP contribution >= 0.6 is 0 Å². The van der Waals surface area contributed by atoms with Gasteiger partial charge < -0.3 is 10.1 Å². The van der Waals surface area contributed by atoms with Crippen molar-refractivity contribution in [3.05, 3.63) is 72.1 Å². The average Bonchev–Trinajstić information content (AvgIpc) is 2.63. The van der Waals surface area contributed by atoms with Gasteiger partial charge in [0.25, 0.3) is 0 Å². The van der Waals surface area contributed by atoms with Crippen molar-refractivity contribution in [3.8, 4) is 11.5 Å². The summed E-state index contributed by atoms with van der Waals surface area (Å²) >= 11 is 0. The summed E-state index contributed by atoms with van der Waals surface area (Å²) in [6.07, 6.45) is 6.94. The maximum absolute atomic E-state index is 12.9. The van der Waals surface area contributed by atoms with Gasteiger partial charge in [0.15, 0.2) is 0 Å². The molecular formula is C20H20FNO2. The van der Waals surface area contributed by atoms with Gasteiger partial charge in [0, 0.05) is 12.5 Å². The summed E-state index contributed by atoms with van der Waals surface area (Å²) in [4.78, 5) is 12.1. The van der Waals surface area contributed by atoms with E-state index in [-0.39, 0.29) is 17.6 Å². The van der Waals surface area contributed by atoms with Gasteiger partial charge in [-0.3, -0.25) is 4.79 Å². The number of allylic oxidation sites excluding steroid dienone is 2. The number of carbonyl (C=O) groups is 1. The number of amides is 1. The summed E-state index contributed by atoms with van der Waals surface area (Å²) in [7, 11) is 0. The third-order valence-corrected chi connectivity index (χ3v) is 4.08. The minimum atomic E-state index is -0.290. The molecule has 1 unspecified atom stereocenters. The third-order valence-electron chi connectivity index (χ3n) is 4.08. The van der Waals surface area contributed by atoms with Crippen molar-refractivity contribution in [1.29, 1.82) is 0 Å². The summed E-state index contributed by atoms with van der Waals surface area (Å²) in [5.41, 5.74) is 1.01. The fourth-order valence-corrected chi connectivity index (χ4v) is 2.68. The van der Waals surface area contributed by atoms with Gasteiger partial charge in [0.2, 0.25) is 5.91 Å². The summed E-state index contributed by atoms with van der Waals surface area (Å²) in [5, 5.41) is 2.99. The van der Waals surface area contributed by atoms with Gasteiger partial charge >= 0.3 is 0 Å². The molecule has 0 fully saturated rings. The van der Waals surface area contributed by atoms with Crippen LogP contribution in [0.15, 0.2) is 60.7 Å². The van der Waals surface area contributed by atoms with Crippen molar-refractivity contribution < 1.29 is 13.9 Å². The molecule has 0 radical (unpaired) electrons. The Balaban J connectivity index is 1.51. The lowest BCUT2D eigenvalue weighted by molar-refractivity contribution is -0.125. The molecule has 4 heteroatoms. The van der Waals surface area contributed by atoms with E-state index in [2.05, 4.69) is 17.5 Å². The third kappa shape index (κ3) is 4.44. The van der Waals surface area contributed by atoms with E-state index in [1.165, 1.54) is 12.1 Å². The molecule has 1 aliphatic rings. The summed E-state index contributed by atoms with van der Waals surface area (Å²) in [5.74, 6) is 1.18. The smallest absolute Gasteiger partial charge is 0.223 e. The Kier molecular flexibility index (Phi) is 5.26. The SMILES string of the molecule is O=C(NCc1ccc(Oc2ccc(F)cc2)cc1)C1CC=CCC1. The van der Waals surface area contributed by atoms with E-state index in [1.807, 2.05) is 24.3 Å². The monoisotopic (exact) mass is 325 g/mol. The molecule has 2 aromatic carbocycles. The zero-order valence-corrected chi connectivity index (χ0v) is 13.4. The van der Waals surface area contributed by atoms with E-state index in [4.69, 9.17) is 4.74 Å². The molecule has 0 aromatic heterocycles. The maximum Gasteiger partial charge on any atom is 0.223 e. The highest BCUT2D eigenvalue weighted by Gasteiger charge is 2.17. The van der Waals surface area contributed by atoms with E-state index < -0.39 is 0 Å². The molecular weight excluding hydrogens is 305 g/mol. The van der Waals surface area contributed by atoms with Crippen LogP contribution in [0.3, 0.4) is 0 Å². The number of ether oxygens (including phenoxy) is 1. The number of hydrogen-bond donors (Lipinski definition) is 1. The van der Waals surface area contributed by atoms with Crippen molar-refractivity contribution in [3.63, 3.8) is 0 Å². The molecule has 0 aliphatic heterocycles. The summed E-state index contributed by atoms with van der Waals surface area (Å²) in [6, 6.07) is 13.4. The van der Waals surface area contributed by atoms with E-state index >= 15 is 0 Å². The highest BCUT2D eigenvalue weighted by atomic mass is 19.1. The minimum absolute atomic E-state index is 0.0936. The van der Waals surface area contributed by atoms with Crippen LogP contribution < -0.4 is 10.1 Å². The van der Waals surface area contributed by atoms with Crippen LogP contribution in [0.1, 0.15) is 24.8 Å². The second kappa shape index (κ2) is 7.77. The zero-order chi connectivity index (χ0) is 16.8. The number of hydrogen-bond acceptors (Lipinski definition) is 2. The summed E-state index contributed by atoms with van der Waals surface area (Å²) < 4.78 is 18.5.